The molecule has 56 valence electrons. The van der Waals surface area contributed by atoms with E-state index in [0.717, 1.165) is 5.56 Å². The molecule has 0 saturated carbocycles. The average molecular weight is 147 g/mol. The van der Waals surface area contributed by atoms with Gasteiger partial charge in [-0.3, -0.25) is 0 Å². The van der Waals surface area contributed by atoms with Gasteiger partial charge in [-0.1, -0.05) is 18.1 Å². The maximum Gasteiger partial charge on any atom is 0.115 e. The van der Waals surface area contributed by atoms with Crippen LogP contribution in [0.1, 0.15) is 11.6 Å². The van der Waals surface area contributed by atoms with E-state index < -0.39 is 0 Å². The molecule has 3 N–H and O–H groups in total. The maximum absolute atomic E-state index is 8.92. The molecule has 1 unspecified atom stereocenters. The fraction of sp³-hybridized carbons (Fsp3) is 0.111. The topological polar surface area (TPSA) is 46.2 Å². The van der Waals surface area contributed by atoms with Gasteiger partial charge in [0.1, 0.15) is 5.75 Å². The van der Waals surface area contributed by atoms with E-state index in [0.29, 0.717) is 0 Å². The van der Waals surface area contributed by atoms with Crippen molar-refractivity contribution in [2.45, 2.75) is 6.04 Å². The lowest BCUT2D eigenvalue weighted by atomic mass is 10.1. The van der Waals surface area contributed by atoms with Crippen LogP contribution >= 0.6 is 0 Å². The molecular weight excluding hydrogens is 138 g/mol. The van der Waals surface area contributed by atoms with Crippen LogP contribution in [0.4, 0.5) is 0 Å². The highest BCUT2D eigenvalue weighted by Gasteiger charge is 1.99. The summed E-state index contributed by atoms with van der Waals surface area (Å²) in [5.74, 6) is 2.62. The van der Waals surface area contributed by atoms with Crippen LogP contribution < -0.4 is 5.73 Å². The van der Waals surface area contributed by atoms with E-state index in [4.69, 9.17) is 17.3 Å². The Morgan fingerprint density at radius 3 is 2.36 bits per heavy atom. The molecule has 1 aromatic rings. The fourth-order valence-electron chi connectivity index (χ4n) is 0.778. The van der Waals surface area contributed by atoms with Crippen LogP contribution in [-0.4, -0.2) is 5.11 Å². The van der Waals surface area contributed by atoms with Crippen molar-refractivity contribution in [1.82, 2.24) is 0 Å². The Bertz CT molecular complexity index is 271. The zero-order valence-electron chi connectivity index (χ0n) is 5.99. The number of phenolic OH excluding ortho intramolecular Hbond substituents is 1. The van der Waals surface area contributed by atoms with Gasteiger partial charge in [0.05, 0.1) is 6.04 Å². The zero-order chi connectivity index (χ0) is 8.27. The maximum atomic E-state index is 8.92. The van der Waals surface area contributed by atoms with Crippen molar-refractivity contribution in [2.75, 3.05) is 0 Å². The molecule has 0 spiro atoms. The van der Waals surface area contributed by atoms with Gasteiger partial charge in [0.2, 0.25) is 0 Å². The Morgan fingerprint density at radius 2 is 1.91 bits per heavy atom. The van der Waals surface area contributed by atoms with Gasteiger partial charge in [-0.05, 0) is 17.7 Å². The van der Waals surface area contributed by atoms with E-state index in [2.05, 4.69) is 5.92 Å². The first kappa shape index (κ1) is 7.64. The minimum atomic E-state index is -0.379. The van der Waals surface area contributed by atoms with Gasteiger partial charge in [0, 0.05) is 0 Å². The highest BCUT2D eigenvalue weighted by Crippen LogP contribution is 2.13. The molecule has 0 bridgehead atoms. The molecule has 1 atom stereocenters. The van der Waals surface area contributed by atoms with Crippen molar-refractivity contribution in [3.8, 4) is 18.1 Å². The molecule has 0 aliphatic heterocycles. The molecule has 0 aliphatic carbocycles. The van der Waals surface area contributed by atoms with E-state index in [1.54, 1.807) is 24.3 Å². The SMILES string of the molecule is C#CC(N)c1ccc(O)cc1. The van der Waals surface area contributed by atoms with E-state index in [-0.39, 0.29) is 11.8 Å². The summed E-state index contributed by atoms with van der Waals surface area (Å²) < 4.78 is 0. The Kier molecular flexibility index (Phi) is 2.15. The predicted molar refractivity (Wildman–Crippen MR) is 43.9 cm³/mol. The summed E-state index contributed by atoms with van der Waals surface area (Å²) in [5.41, 5.74) is 6.36. The van der Waals surface area contributed by atoms with Crippen LogP contribution in [0, 0.1) is 12.3 Å². The predicted octanol–water partition coefficient (Wildman–Crippen LogP) is 1.03. The number of rotatable bonds is 1. The second-order valence-electron chi connectivity index (χ2n) is 2.24. The number of nitrogens with two attached hydrogens (primary N) is 1. The van der Waals surface area contributed by atoms with Crippen molar-refractivity contribution < 1.29 is 5.11 Å². The zero-order valence-corrected chi connectivity index (χ0v) is 5.99. The van der Waals surface area contributed by atoms with Crippen molar-refractivity contribution in [3.63, 3.8) is 0 Å². The van der Waals surface area contributed by atoms with Gasteiger partial charge in [-0.25, -0.2) is 0 Å². The quantitative estimate of drug-likeness (QED) is 0.583. The largest absolute Gasteiger partial charge is 0.508 e. The van der Waals surface area contributed by atoms with Crippen molar-refractivity contribution in [2.24, 2.45) is 5.73 Å². The van der Waals surface area contributed by atoms with Gasteiger partial charge >= 0.3 is 0 Å². The summed E-state index contributed by atoms with van der Waals surface area (Å²) in [5, 5.41) is 8.92. The molecule has 0 heterocycles. The molecular formula is C9H9NO. The van der Waals surface area contributed by atoms with Crippen LogP contribution in [-0.2, 0) is 0 Å². The average Bonchev–Trinajstić information content (AvgIpc) is 2.05. The fourth-order valence-corrected chi connectivity index (χ4v) is 0.778. The third kappa shape index (κ3) is 1.73. The molecule has 2 heteroatoms. The molecule has 0 saturated heterocycles. The lowest BCUT2D eigenvalue weighted by Crippen LogP contribution is -2.06. The molecule has 0 fully saturated rings. The van der Waals surface area contributed by atoms with Gasteiger partial charge in [0.15, 0.2) is 0 Å². The van der Waals surface area contributed by atoms with Crippen LogP contribution in [0.5, 0.6) is 5.75 Å². The van der Waals surface area contributed by atoms with Crippen molar-refractivity contribution in [3.05, 3.63) is 29.8 Å². The summed E-state index contributed by atoms with van der Waals surface area (Å²) >= 11 is 0. The molecule has 0 aromatic heterocycles. The first-order valence-electron chi connectivity index (χ1n) is 3.24. The van der Waals surface area contributed by atoms with Crippen LogP contribution in [0.3, 0.4) is 0 Å². The van der Waals surface area contributed by atoms with Gasteiger partial charge in [0.25, 0.3) is 0 Å². The van der Waals surface area contributed by atoms with E-state index in [1.807, 2.05) is 0 Å². The molecule has 1 rings (SSSR count). The van der Waals surface area contributed by atoms with E-state index >= 15 is 0 Å². The summed E-state index contributed by atoms with van der Waals surface area (Å²) in [7, 11) is 0. The van der Waals surface area contributed by atoms with Gasteiger partial charge in [-0.2, -0.15) is 0 Å². The summed E-state index contributed by atoms with van der Waals surface area (Å²) in [6.07, 6.45) is 5.10. The molecule has 11 heavy (non-hydrogen) atoms. The van der Waals surface area contributed by atoms with Crippen LogP contribution in [0.25, 0.3) is 0 Å². The van der Waals surface area contributed by atoms with Crippen molar-refractivity contribution >= 4 is 0 Å². The monoisotopic (exact) mass is 147 g/mol. The molecule has 0 radical (unpaired) electrons. The summed E-state index contributed by atoms with van der Waals surface area (Å²) in [4.78, 5) is 0. The normalized spacial score (nSPS) is 12.0. The number of terminal acetylenes is 1. The Morgan fingerprint density at radius 1 is 1.36 bits per heavy atom. The van der Waals surface area contributed by atoms with E-state index in [9.17, 15) is 0 Å². The van der Waals surface area contributed by atoms with Crippen LogP contribution in [0.2, 0.25) is 0 Å². The molecule has 2 nitrogen and oxygen atoms in total. The number of benzene rings is 1. The number of hydrogen-bond donors (Lipinski definition) is 2. The smallest absolute Gasteiger partial charge is 0.115 e. The first-order chi connectivity index (χ1) is 5.24. The summed E-state index contributed by atoms with van der Waals surface area (Å²) in [6.45, 7) is 0. The number of phenols is 1. The second-order valence-corrected chi connectivity index (χ2v) is 2.24. The van der Waals surface area contributed by atoms with Gasteiger partial charge < -0.3 is 10.8 Å². The minimum absolute atomic E-state index is 0.220. The van der Waals surface area contributed by atoms with Gasteiger partial charge in [-0.15, -0.1) is 6.42 Å². The van der Waals surface area contributed by atoms with Crippen molar-refractivity contribution in [1.29, 1.82) is 0 Å². The molecule has 0 amide bonds. The highest BCUT2D eigenvalue weighted by molar-refractivity contribution is 5.30. The third-order valence-electron chi connectivity index (χ3n) is 1.43. The highest BCUT2D eigenvalue weighted by atomic mass is 16.3. The molecule has 1 aromatic carbocycles. The summed E-state index contributed by atoms with van der Waals surface area (Å²) in [6, 6.07) is 6.16. The lowest BCUT2D eigenvalue weighted by molar-refractivity contribution is 0.475. The molecule has 0 aliphatic rings. The number of aromatic hydroxyl groups is 1. The Labute approximate surface area is 65.7 Å². The minimum Gasteiger partial charge on any atom is -0.508 e. The second kappa shape index (κ2) is 3.09. The number of hydrogen-bond acceptors (Lipinski definition) is 2. The lowest BCUT2D eigenvalue weighted by Gasteiger charge is -2.02. The Balaban J connectivity index is 2.92. The van der Waals surface area contributed by atoms with E-state index in [1.165, 1.54) is 0 Å². The first-order valence-corrected chi connectivity index (χ1v) is 3.24. The third-order valence-corrected chi connectivity index (χ3v) is 1.43. The standard InChI is InChI=1S/C9H9NO/c1-2-9(10)7-3-5-8(11)6-4-7/h1,3-6,9,11H,10H2. The Hall–Kier alpha value is -1.46. The van der Waals surface area contributed by atoms with Crippen LogP contribution in [0.15, 0.2) is 24.3 Å².